The number of rotatable bonds is 3. The van der Waals surface area contributed by atoms with Gasteiger partial charge < -0.3 is 9.64 Å². The van der Waals surface area contributed by atoms with Crippen LogP contribution in [-0.2, 0) is 14.8 Å². The summed E-state index contributed by atoms with van der Waals surface area (Å²) in [5.74, 6) is 1.01. The average molecular weight is 510 g/mol. The fraction of sp³-hybridized carbons (Fsp3) is 0.423. The van der Waals surface area contributed by atoms with E-state index in [-0.39, 0.29) is 22.8 Å². The molecule has 0 N–H and O–H groups in total. The number of carbonyl (C=O) groups excluding carboxylic acids is 1. The molecule has 1 fully saturated rings. The highest BCUT2D eigenvalue weighted by molar-refractivity contribution is 7.90. The van der Waals surface area contributed by atoms with Crippen LogP contribution in [0.1, 0.15) is 51.4 Å². The Balaban J connectivity index is 1.56. The Hall–Kier alpha value is -3.40. The molecule has 1 amide bonds. The van der Waals surface area contributed by atoms with Gasteiger partial charge in [0.05, 0.1) is 28.3 Å². The van der Waals surface area contributed by atoms with Crippen molar-refractivity contribution in [1.29, 1.82) is 0 Å². The van der Waals surface area contributed by atoms with E-state index < -0.39 is 15.6 Å². The van der Waals surface area contributed by atoms with Crippen molar-refractivity contribution in [2.75, 3.05) is 13.1 Å². The van der Waals surface area contributed by atoms with Gasteiger partial charge in [0, 0.05) is 25.2 Å². The Bertz CT molecular complexity index is 1550. The molecule has 0 unspecified atom stereocenters. The maximum Gasteiger partial charge on any atom is 0.410 e. The van der Waals surface area contributed by atoms with Crippen LogP contribution in [0.15, 0.2) is 53.8 Å². The van der Waals surface area contributed by atoms with E-state index >= 15 is 0 Å². The lowest BCUT2D eigenvalue weighted by Gasteiger charge is -2.37. The predicted octanol–water partition coefficient (Wildman–Crippen LogP) is 4.59. The van der Waals surface area contributed by atoms with Gasteiger partial charge in [-0.15, -0.1) is 0 Å². The van der Waals surface area contributed by atoms with E-state index in [0.717, 1.165) is 23.3 Å². The lowest BCUT2D eigenvalue weighted by Crippen LogP contribution is -2.44. The van der Waals surface area contributed by atoms with Gasteiger partial charge in [0.15, 0.2) is 5.65 Å². The van der Waals surface area contributed by atoms with Crippen LogP contribution in [0.5, 0.6) is 0 Å². The number of hydrogen-bond acceptors (Lipinski definition) is 6. The Morgan fingerprint density at radius 3 is 2.47 bits per heavy atom. The Morgan fingerprint density at radius 1 is 1.08 bits per heavy atom. The third-order valence-corrected chi connectivity index (χ3v) is 8.38. The SMILES string of the molecule is Cc1ccc(S(=O)(=O)n2ccc3c2ncc2cnc([C@@H]4CN(C(=O)OC(C)(C)C)CC[C@@H]4C)n23)cc1. The van der Waals surface area contributed by atoms with Crippen molar-refractivity contribution in [2.24, 2.45) is 5.92 Å². The molecule has 1 aliphatic heterocycles. The summed E-state index contributed by atoms with van der Waals surface area (Å²) in [7, 11) is -3.83. The third-order valence-electron chi connectivity index (χ3n) is 6.70. The van der Waals surface area contributed by atoms with Crippen LogP contribution in [0.4, 0.5) is 4.79 Å². The van der Waals surface area contributed by atoms with Gasteiger partial charge in [-0.1, -0.05) is 24.6 Å². The minimum Gasteiger partial charge on any atom is -0.444 e. The summed E-state index contributed by atoms with van der Waals surface area (Å²) >= 11 is 0. The van der Waals surface area contributed by atoms with Gasteiger partial charge in [-0.05, 0) is 58.2 Å². The summed E-state index contributed by atoms with van der Waals surface area (Å²) in [4.78, 5) is 23.9. The summed E-state index contributed by atoms with van der Waals surface area (Å²) in [6, 6.07) is 8.52. The number of nitrogens with zero attached hydrogens (tertiary/aromatic N) is 5. The van der Waals surface area contributed by atoms with Crippen LogP contribution in [0.3, 0.4) is 0 Å². The molecule has 10 heteroatoms. The first kappa shape index (κ1) is 24.3. The summed E-state index contributed by atoms with van der Waals surface area (Å²) in [5, 5.41) is 0. The van der Waals surface area contributed by atoms with Crippen molar-refractivity contribution in [3.8, 4) is 0 Å². The molecule has 9 nitrogen and oxygen atoms in total. The first-order valence-electron chi connectivity index (χ1n) is 12.1. The number of likely N-dealkylation sites (tertiary alicyclic amines) is 1. The summed E-state index contributed by atoms with van der Waals surface area (Å²) < 4.78 is 35.6. The number of aryl methyl sites for hydroxylation is 1. The molecule has 0 bridgehead atoms. The van der Waals surface area contributed by atoms with Gasteiger partial charge in [-0.3, -0.25) is 4.40 Å². The highest BCUT2D eigenvalue weighted by Gasteiger charge is 2.35. The van der Waals surface area contributed by atoms with Crippen molar-refractivity contribution < 1.29 is 17.9 Å². The van der Waals surface area contributed by atoms with Crippen LogP contribution in [0, 0.1) is 12.8 Å². The summed E-state index contributed by atoms with van der Waals surface area (Å²) in [5.41, 5.74) is 2.16. The molecule has 3 aromatic heterocycles. The molecule has 0 spiro atoms. The second-order valence-corrected chi connectivity index (χ2v) is 12.4. The average Bonchev–Trinajstić information content (AvgIpc) is 3.43. The van der Waals surface area contributed by atoms with E-state index in [4.69, 9.17) is 9.72 Å². The predicted molar refractivity (Wildman–Crippen MR) is 137 cm³/mol. The number of carbonyl (C=O) groups is 1. The monoisotopic (exact) mass is 509 g/mol. The minimum absolute atomic E-state index is 0.0450. The lowest BCUT2D eigenvalue weighted by molar-refractivity contribution is 0.0160. The fourth-order valence-electron chi connectivity index (χ4n) is 4.73. The quantitative estimate of drug-likeness (QED) is 0.401. The molecule has 0 aliphatic carbocycles. The maximum atomic E-state index is 13.4. The number of amides is 1. The van der Waals surface area contributed by atoms with Crippen molar-refractivity contribution in [2.45, 2.75) is 57.5 Å². The first-order chi connectivity index (χ1) is 17.0. The zero-order chi connectivity index (χ0) is 25.8. The molecular formula is C26H31N5O4S. The molecule has 2 atom stereocenters. The Labute approximate surface area is 210 Å². The Kier molecular flexibility index (Phi) is 5.82. The van der Waals surface area contributed by atoms with Crippen molar-refractivity contribution in [3.05, 3.63) is 60.3 Å². The van der Waals surface area contributed by atoms with Gasteiger partial charge in [0.2, 0.25) is 0 Å². The molecule has 190 valence electrons. The molecule has 36 heavy (non-hydrogen) atoms. The van der Waals surface area contributed by atoms with E-state index in [1.54, 1.807) is 47.6 Å². The van der Waals surface area contributed by atoms with Gasteiger partial charge in [-0.25, -0.2) is 27.2 Å². The van der Waals surface area contributed by atoms with E-state index in [1.807, 2.05) is 32.1 Å². The first-order valence-corrected chi connectivity index (χ1v) is 13.5. The maximum absolute atomic E-state index is 13.4. The molecule has 4 aromatic rings. The van der Waals surface area contributed by atoms with Crippen molar-refractivity contribution in [3.63, 3.8) is 0 Å². The van der Waals surface area contributed by atoms with E-state index in [2.05, 4.69) is 11.9 Å². The summed E-state index contributed by atoms with van der Waals surface area (Å²) in [6.07, 6.45) is 5.40. The molecule has 5 rings (SSSR count). The number of imidazole rings is 1. The van der Waals surface area contributed by atoms with E-state index in [9.17, 15) is 13.2 Å². The second kappa shape index (κ2) is 8.62. The van der Waals surface area contributed by atoms with Crippen LogP contribution in [0.25, 0.3) is 16.7 Å². The highest BCUT2D eigenvalue weighted by Crippen LogP contribution is 2.34. The number of ether oxygens (including phenoxy) is 1. The van der Waals surface area contributed by atoms with Crippen LogP contribution < -0.4 is 0 Å². The van der Waals surface area contributed by atoms with Crippen LogP contribution >= 0.6 is 0 Å². The number of benzene rings is 1. The fourth-order valence-corrected chi connectivity index (χ4v) is 6.03. The molecule has 0 saturated carbocycles. The molecule has 1 saturated heterocycles. The van der Waals surface area contributed by atoms with Gasteiger partial charge in [-0.2, -0.15) is 0 Å². The molecule has 1 aliphatic rings. The number of fused-ring (bicyclic) bond motifs is 3. The highest BCUT2D eigenvalue weighted by atomic mass is 32.2. The van der Waals surface area contributed by atoms with E-state index in [1.165, 1.54) is 10.2 Å². The zero-order valence-electron chi connectivity index (χ0n) is 21.2. The molecular weight excluding hydrogens is 478 g/mol. The largest absolute Gasteiger partial charge is 0.444 e. The minimum atomic E-state index is -3.83. The van der Waals surface area contributed by atoms with Gasteiger partial charge >= 0.3 is 6.09 Å². The normalized spacial score (nSPS) is 19.2. The van der Waals surface area contributed by atoms with Crippen molar-refractivity contribution in [1.82, 2.24) is 23.2 Å². The molecule has 1 aromatic carbocycles. The number of aromatic nitrogens is 4. The van der Waals surface area contributed by atoms with Gasteiger partial charge in [0.1, 0.15) is 11.4 Å². The number of hydrogen-bond donors (Lipinski definition) is 0. The van der Waals surface area contributed by atoms with Crippen LogP contribution in [-0.4, -0.2) is 56.4 Å². The smallest absolute Gasteiger partial charge is 0.410 e. The molecule has 4 heterocycles. The summed E-state index contributed by atoms with van der Waals surface area (Å²) in [6.45, 7) is 10.7. The zero-order valence-corrected chi connectivity index (χ0v) is 22.0. The van der Waals surface area contributed by atoms with Crippen molar-refractivity contribution >= 4 is 32.8 Å². The third kappa shape index (κ3) is 4.23. The standard InChI is InChI=1S/C26H31N5O4S/c1-17-6-8-20(9-7-17)36(33,34)30-13-11-22-24(30)28-15-19-14-27-23(31(19)22)21-16-29(12-10-18(21)2)25(32)35-26(3,4)5/h6-9,11,13-15,18,21H,10,12,16H2,1-5H3/t18-,21+/m0/s1. The molecule has 0 radical (unpaired) electrons. The van der Waals surface area contributed by atoms with Crippen LogP contribution in [0.2, 0.25) is 0 Å². The van der Waals surface area contributed by atoms with E-state index in [0.29, 0.717) is 24.3 Å². The topological polar surface area (TPSA) is 98.8 Å². The second-order valence-electron chi connectivity index (χ2n) is 10.6. The number of piperidine rings is 1. The Morgan fingerprint density at radius 2 is 1.78 bits per heavy atom. The van der Waals surface area contributed by atoms with Gasteiger partial charge in [0.25, 0.3) is 10.0 Å². The lowest BCUT2D eigenvalue weighted by atomic mass is 9.86.